The van der Waals surface area contributed by atoms with Crippen LogP contribution in [0.4, 0.5) is 0 Å². The van der Waals surface area contributed by atoms with Gasteiger partial charge in [0, 0.05) is 5.92 Å². The summed E-state index contributed by atoms with van der Waals surface area (Å²) in [6, 6.07) is 0. The highest BCUT2D eigenvalue weighted by Gasteiger charge is 2.27. The first-order valence-corrected chi connectivity index (χ1v) is 5.57. The lowest BCUT2D eigenvalue weighted by Gasteiger charge is -2.25. The number of hydrogen-bond donors (Lipinski definition) is 1. The second-order valence-corrected chi connectivity index (χ2v) is 4.83. The summed E-state index contributed by atoms with van der Waals surface area (Å²) in [7, 11) is 0. The van der Waals surface area contributed by atoms with E-state index in [2.05, 4.69) is 10.2 Å². The third-order valence-electron chi connectivity index (χ3n) is 2.59. The summed E-state index contributed by atoms with van der Waals surface area (Å²) in [5.74, 6) is 0.250. The molecule has 0 amide bonds. The van der Waals surface area contributed by atoms with Crippen LogP contribution in [0.1, 0.15) is 41.6 Å². The molecule has 0 radical (unpaired) electrons. The monoisotopic (exact) mass is 198 g/mol. The molecule has 1 aliphatic rings. The standard InChI is InChI=1S/C9H14N2OS/c1-6-10-11-9(13-6)7-4-2-3-5-8(7)12/h7-8,12H,2-5H2,1H3. The van der Waals surface area contributed by atoms with Crippen LogP contribution in [-0.2, 0) is 0 Å². The summed E-state index contributed by atoms with van der Waals surface area (Å²) >= 11 is 1.62. The molecule has 4 heteroatoms. The van der Waals surface area contributed by atoms with Gasteiger partial charge < -0.3 is 5.11 Å². The van der Waals surface area contributed by atoms with E-state index in [9.17, 15) is 5.11 Å². The summed E-state index contributed by atoms with van der Waals surface area (Å²) in [6.45, 7) is 1.95. The Morgan fingerprint density at radius 1 is 1.31 bits per heavy atom. The molecule has 1 heterocycles. The van der Waals surface area contributed by atoms with Crippen molar-refractivity contribution in [1.29, 1.82) is 0 Å². The summed E-state index contributed by atoms with van der Waals surface area (Å²) in [6.07, 6.45) is 4.15. The summed E-state index contributed by atoms with van der Waals surface area (Å²) in [4.78, 5) is 0. The number of hydrogen-bond acceptors (Lipinski definition) is 4. The highest BCUT2D eigenvalue weighted by molar-refractivity contribution is 7.11. The minimum atomic E-state index is -0.193. The molecule has 72 valence electrons. The van der Waals surface area contributed by atoms with Gasteiger partial charge in [0.15, 0.2) is 0 Å². The van der Waals surface area contributed by atoms with Crippen LogP contribution in [0.5, 0.6) is 0 Å². The highest BCUT2D eigenvalue weighted by atomic mass is 32.1. The average molecular weight is 198 g/mol. The van der Waals surface area contributed by atoms with Gasteiger partial charge in [-0.1, -0.05) is 12.8 Å². The van der Waals surface area contributed by atoms with E-state index >= 15 is 0 Å². The van der Waals surface area contributed by atoms with E-state index in [-0.39, 0.29) is 12.0 Å². The van der Waals surface area contributed by atoms with Gasteiger partial charge in [0.2, 0.25) is 0 Å². The van der Waals surface area contributed by atoms with Crippen LogP contribution in [-0.4, -0.2) is 21.4 Å². The van der Waals surface area contributed by atoms with E-state index < -0.39 is 0 Å². The molecule has 1 N–H and O–H groups in total. The van der Waals surface area contributed by atoms with Crippen LogP contribution in [0, 0.1) is 6.92 Å². The van der Waals surface area contributed by atoms with Crippen LogP contribution in [0.25, 0.3) is 0 Å². The van der Waals surface area contributed by atoms with E-state index in [0.29, 0.717) is 0 Å². The Bertz CT molecular complexity index is 287. The van der Waals surface area contributed by atoms with E-state index in [1.54, 1.807) is 11.3 Å². The van der Waals surface area contributed by atoms with Gasteiger partial charge in [-0.05, 0) is 19.8 Å². The molecule has 3 nitrogen and oxygen atoms in total. The number of rotatable bonds is 1. The lowest BCUT2D eigenvalue weighted by Crippen LogP contribution is -2.22. The van der Waals surface area contributed by atoms with Gasteiger partial charge in [-0.25, -0.2) is 0 Å². The summed E-state index contributed by atoms with van der Waals surface area (Å²) in [5.41, 5.74) is 0. The van der Waals surface area contributed by atoms with Gasteiger partial charge in [0.05, 0.1) is 6.10 Å². The lowest BCUT2D eigenvalue weighted by molar-refractivity contribution is 0.106. The Balaban J connectivity index is 2.14. The predicted octanol–water partition coefficient (Wildman–Crippen LogP) is 1.87. The second kappa shape index (κ2) is 3.72. The van der Waals surface area contributed by atoms with Crippen molar-refractivity contribution >= 4 is 11.3 Å². The largest absolute Gasteiger partial charge is 0.392 e. The van der Waals surface area contributed by atoms with Gasteiger partial charge in [-0.15, -0.1) is 21.5 Å². The van der Waals surface area contributed by atoms with E-state index in [0.717, 1.165) is 29.3 Å². The fourth-order valence-electron chi connectivity index (χ4n) is 1.86. The maximum Gasteiger partial charge on any atom is 0.123 e. The minimum Gasteiger partial charge on any atom is -0.392 e. The lowest BCUT2D eigenvalue weighted by atomic mass is 9.87. The van der Waals surface area contributed by atoms with Gasteiger partial charge in [-0.3, -0.25) is 0 Å². The first-order valence-electron chi connectivity index (χ1n) is 4.75. The molecule has 1 aromatic rings. The molecular formula is C9H14N2OS. The quantitative estimate of drug-likeness (QED) is 0.749. The normalized spacial score (nSPS) is 29.1. The Kier molecular flexibility index (Phi) is 2.60. The number of aliphatic hydroxyl groups excluding tert-OH is 1. The molecular weight excluding hydrogens is 184 g/mol. The van der Waals surface area contributed by atoms with Crippen molar-refractivity contribution in [3.63, 3.8) is 0 Å². The third-order valence-corrected chi connectivity index (χ3v) is 3.56. The first kappa shape index (κ1) is 9.09. The van der Waals surface area contributed by atoms with E-state index in [4.69, 9.17) is 0 Å². The SMILES string of the molecule is Cc1nnc(C2CCCCC2O)s1. The zero-order chi connectivity index (χ0) is 9.26. The molecule has 0 bridgehead atoms. The molecule has 13 heavy (non-hydrogen) atoms. The highest BCUT2D eigenvalue weighted by Crippen LogP contribution is 2.34. The van der Waals surface area contributed by atoms with Crippen molar-refractivity contribution in [2.45, 2.75) is 44.6 Å². The Morgan fingerprint density at radius 3 is 2.69 bits per heavy atom. The van der Waals surface area contributed by atoms with Crippen LogP contribution in [0.2, 0.25) is 0 Å². The van der Waals surface area contributed by atoms with Crippen LogP contribution in [0.15, 0.2) is 0 Å². The molecule has 2 unspecified atom stereocenters. The first-order chi connectivity index (χ1) is 6.27. The molecule has 0 spiro atoms. The van der Waals surface area contributed by atoms with Crippen molar-refractivity contribution in [3.05, 3.63) is 10.0 Å². The molecule has 0 aliphatic heterocycles. The number of aromatic nitrogens is 2. The summed E-state index contributed by atoms with van der Waals surface area (Å²) < 4.78 is 0. The zero-order valence-corrected chi connectivity index (χ0v) is 8.55. The van der Waals surface area contributed by atoms with E-state index in [1.165, 1.54) is 6.42 Å². The van der Waals surface area contributed by atoms with Crippen molar-refractivity contribution in [2.75, 3.05) is 0 Å². The third kappa shape index (κ3) is 1.89. The van der Waals surface area contributed by atoms with Gasteiger partial charge in [-0.2, -0.15) is 0 Å². The fourth-order valence-corrected chi connectivity index (χ4v) is 2.75. The molecule has 0 saturated heterocycles. The maximum atomic E-state index is 9.77. The Morgan fingerprint density at radius 2 is 2.08 bits per heavy atom. The minimum absolute atomic E-state index is 0.193. The van der Waals surface area contributed by atoms with Gasteiger partial charge in [0.25, 0.3) is 0 Å². The molecule has 1 saturated carbocycles. The van der Waals surface area contributed by atoms with Crippen LogP contribution < -0.4 is 0 Å². The van der Waals surface area contributed by atoms with Crippen molar-refractivity contribution in [3.8, 4) is 0 Å². The molecule has 2 rings (SSSR count). The number of aryl methyl sites for hydroxylation is 1. The predicted molar refractivity (Wildman–Crippen MR) is 51.9 cm³/mol. The maximum absolute atomic E-state index is 9.77. The van der Waals surface area contributed by atoms with Crippen LogP contribution in [0.3, 0.4) is 0 Å². The smallest absolute Gasteiger partial charge is 0.123 e. The zero-order valence-electron chi connectivity index (χ0n) is 7.73. The molecule has 1 aliphatic carbocycles. The average Bonchev–Trinajstić information content (AvgIpc) is 2.53. The second-order valence-electron chi connectivity index (χ2n) is 3.62. The molecule has 1 fully saturated rings. The van der Waals surface area contributed by atoms with Crippen molar-refractivity contribution in [2.24, 2.45) is 0 Å². The topological polar surface area (TPSA) is 46.0 Å². The van der Waals surface area contributed by atoms with Gasteiger partial charge >= 0.3 is 0 Å². The van der Waals surface area contributed by atoms with Gasteiger partial charge in [0.1, 0.15) is 10.0 Å². The van der Waals surface area contributed by atoms with Crippen molar-refractivity contribution < 1.29 is 5.11 Å². The van der Waals surface area contributed by atoms with Crippen LogP contribution >= 0.6 is 11.3 Å². The van der Waals surface area contributed by atoms with Crippen molar-refractivity contribution in [1.82, 2.24) is 10.2 Å². The Labute approximate surface area is 81.8 Å². The number of nitrogens with zero attached hydrogens (tertiary/aromatic N) is 2. The van der Waals surface area contributed by atoms with E-state index in [1.807, 2.05) is 6.92 Å². The number of aliphatic hydroxyl groups is 1. The molecule has 0 aromatic carbocycles. The molecule has 2 atom stereocenters. The summed E-state index contributed by atoms with van der Waals surface area (Å²) in [5, 5.41) is 19.9. The Hall–Kier alpha value is -0.480. The fraction of sp³-hybridized carbons (Fsp3) is 0.778. The molecule has 1 aromatic heterocycles.